The summed E-state index contributed by atoms with van der Waals surface area (Å²) in [6, 6.07) is 0. The number of hydrogen-bond donors (Lipinski definition) is 1. The van der Waals surface area contributed by atoms with Crippen molar-refractivity contribution in [2.24, 2.45) is 0 Å². The van der Waals surface area contributed by atoms with Crippen molar-refractivity contribution < 1.29 is 24.2 Å². The molecule has 1 N–H and O–H groups in total. The SMILES string of the molecule is CCCCCCCCC(C)OC(=O)CCCCCCCN(CCO)CCCCCCCC(=O)OCC(C)=C(CCCC)CCCC. The van der Waals surface area contributed by atoms with Crippen LogP contribution in [-0.2, 0) is 19.1 Å². The molecule has 0 radical (unpaired) electrons. The predicted octanol–water partition coefficient (Wildman–Crippen LogP) is 10.9. The maximum Gasteiger partial charge on any atom is 0.306 e. The Morgan fingerprint density at radius 3 is 1.61 bits per heavy atom. The average molecular weight is 652 g/mol. The van der Waals surface area contributed by atoms with Crippen molar-refractivity contribution in [3.63, 3.8) is 0 Å². The summed E-state index contributed by atoms with van der Waals surface area (Å²) in [6.07, 6.45) is 27.6. The summed E-state index contributed by atoms with van der Waals surface area (Å²) < 4.78 is 11.2. The van der Waals surface area contributed by atoms with Gasteiger partial charge in [-0.2, -0.15) is 0 Å². The number of carbonyl (C=O) groups excluding carboxylic acids is 2. The van der Waals surface area contributed by atoms with Crippen LogP contribution in [0.1, 0.15) is 195 Å². The van der Waals surface area contributed by atoms with E-state index in [4.69, 9.17) is 9.47 Å². The topological polar surface area (TPSA) is 76.1 Å². The second kappa shape index (κ2) is 33.5. The van der Waals surface area contributed by atoms with Crippen LogP contribution in [0.3, 0.4) is 0 Å². The van der Waals surface area contributed by atoms with Gasteiger partial charge in [0.15, 0.2) is 0 Å². The molecule has 0 aromatic rings. The molecule has 1 unspecified atom stereocenters. The molecule has 0 bridgehead atoms. The number of rotatable bonds is 34. The molecule has 0 heterocycles. The van der Waals surface area contributed by atoms with Crippen molar-refractivity contribution in [1.29, 1.82) is 0 Å². The molecular formula is C40H77NO5. The zero-order valence-corrected chi connectivity index (χ0v) is 31.3. The van der Waals surface area contributed by atoms with Gasteiger partial charge < -0.3 is 19.5 Å². The van der Waals surface area contributed by atoms with Crippen LogP contribution in [0.15, 0.2) is 11.1 Å². The fourth-order valence-electron chi connectivity index (χ4n) is 6.00. The molecule has 272 valence electrons. The molecule has 46 heavy (non-hydrogen) atoms. The van der Waals surface area contributed by atoms with Crippen LogP contribution < -0.4 is 0 Å². The monoisotopic (exact) mass is 652 g/mol. The van der Waals surface area contributed by atoms with Gasteiger partial charge in [0, 0.05) is 19.4 Å². The fourth-order valence-corrected chi connectivity index (χ4v) is 6.00. The number of esters is 2. The molecule has 0 aliphatic heterocycles. The van der Waals surface area contributed by atoms with E-state index < -0.39 is 0 Å². The zero-order valence-electron chi connectivity index (χ0n) is 31.3. The van der Waals surface area contributed by atoms with Gasteiger partial charge in [-0.1, -0.05) is 110 Å². The molecule has 0 fully saturated rings. The summed E-state index contributed by atoms with van der Waals surface area (Å²) in [5, 5.41) is 9.49. The minimum absolute atomic E-state index is 0.0375. The molecule has 1 atom stereocenters. The van der Waals surface area contributed by atoms with E-state index in [0.29, 0.717) is 19.4 Å². The number of hydrogen-bond acceptors (Lipinski definition) is 6. The maximum absolute atomic E-state index is 12.3. The Hall–Kier alpha value is -1.40. The summed E-state index contributed by atoms with van der Waals surface area (Å²) in [5.41, 5.74) is 2.74. The number of aliphatic hydroxyl groups excluding tert-OH is 1. The van der Waals surface area contributed by atoms with Gasteiger partial charge in [-0.15, -0.1) is 0 Å². The van der Waals surface area contributed by atoms with E-state index in [0.717, 1.165) is 110 Å². The van der Waals surface area contributed by atoms with E-state index in [1.54, 1.807) is 0 Å². The van der Waals surface area contributed by atoms with Crippen molar-refractivity contribution in [1.82, 2.24) is 4.90 Å². The lowest BCUT2D eigenvalue weighted by molar-refractivity contribution is -0.148. The highest BCUT2D eigenvalue weighted by atomic mass is 16.5. The van der Waals surface area contributed by atoms with Gasteiger partial charge in [-0.05, 0) is 96.7 Å². The first kappa shape index (κ1) is 44.6. The summed E-state index contributed by atoms with van der Waals surface area (Å²) in [7, 11) is 0. The first-order valence-electron chi connectivity index (χ1n) is 19.7. The summed E-state index contributed by atoms with van der Waals surface area (Å²) in [6.45, 7) is 14.3. The van der Waals surface area contributed by atoms with Gasteiger partial charge in [0.25, 0.3) is 0 Å². The molecule has 0 aliphatic rings. The third kappa shape index (κ3) is 28.8. The molecule has 0 amide bonds. The van der Waals surface area contributed by atoms with Crippen molar-refractivity contribution >= 4 is 11.9 Å². The van der Waals surface area contributed by atoms with Crippen LogP contribution in [0.4, 0.5) is 0 Å². The maximum atomic E-state index is 12.3. The first-order chi connectivity index (χ1) is 22.4. The second-order valence-corrected chi connectivity index (χ2v) is 13.7. The van der Waals surface area contributed by atoms with Gasteiger partial charge in [0.2, 0.25) is 0 Å². The highest BCUT2D eigenvalue weighted by molar-refractivity contribution is 5.69. The van der Waals surface area contributed by atoms with Crippen LogP contribution in [0, 0.1) is 0 Å². The summed E-state index contributed by atoms with van der Waals surface area (Å²) >= 11 is 0. The van der Waals surface area contributed by atoms with Gasteiger partial charge >= 0.3 is 11.9 Å². The van der Waals surface area contributed by atoms with Crippen molar-refractivity contribution in [3.05, 3.63) is 11.1 Å². The number of nitrogens with zero attached hydrogens (tertiary/aromatic N) is 1. The molecular weight excluding hydrogens is 574 g/mol. The molecule has 0 saturated heterocycles. The second-order valence-electron chi connectivity index (χ2n) is 13.7. The number of aliphatic hydroxyl groups is 1. The van der Waals surface area contributed by atoms with Crippen LogP contribution in [0.25, 0.3) is 0 Å². The highest BCUT2D eigenvalue weighted by Crippen LogP contribution is 2.20. The van der Waals surface area contributed by atoms with Gasteiger partial charge in [-0.3, -0.25) is 9.59 Å². The minimum atomic E-state index is -0.0628. The molecule has 0 aromatic carbocycles. The normalized spacial score (nSPS) is 12.0. The molecule has 0 rings (SSSR count). The number of allylic oxidation sites excluding steroid dienone is 1. The Bertz CT molecular complexity index is 727. The van der Waals surface area contributed by atoms with Crippen LogP contribution in [0.2, 0.25) is 0 Å². The molecule has 6 nitrogen and oxygen atoms in total. The first-order valence-corrected chi connectivity index (χ1v) is 19.7. The van der Waals surface area contributed by atoms with Gasteiger partial charge in [-0.25, -0.2) is 0 Å². The van der Waals surface area contributed by atoms with Crippen molar-refractivity contribution in [3.8, 4) is 0 Å². The van der Waals surface area contributed by atoms with Crippen LogP contribution in [0.5, 0.6) is 0 Å². The highest BCUT2D eigenvalue weighted by Gasteiger charge is 2.10. The zero-order chi connectivity index (χ0) is 34.1. The minimum Gasteiger partial charge on any atom is -0.463 e. The Balaban J connectivity index is 3.87. The summed E-state index contributed by atoms with van der Waals surface area (Å²) in [4.78, 5) is 26.8. The number of ether oxygens (including phenoxy) is 2. The van der Waals surface area contributed by atoms with E-state index in [9.17, 15) is 14.7 Å². The smallest absolute Gasteiger partial charge is 0.306 e. The predicted molar refractivity (Wildman–Crippen MR) is 195 cm³/mol. The molecule has 0 aromatic heterocycles. The van der Waals surface area contributed by atoms with Gasteiger partial charge in [0.05, 0.1) is 12.7 Å². The fraction of sp³-hybridized carbons (Fsp3) is 0.900. The average Bonchev–Trinajstić information content (AvgIpc) is 3.04. The van der Waals surface area contributed by atoms with Crippen LogP contribution in [-0.4, -0.2) is 60.9 Å². The van der Waals surface area contributed by atoms with E-state index in [-0.39, 0.29) is 24.6 Å². The Morgan fingerprint density at radius 1 is 0.587 bits per heavy atom. The third-order valence-corrected chi connectivity index (χ3v) is 9.14. The van der Waals surface area contributed by atoms with Gasteiger partial charge in [0.1, 0.15) is 6.61 Å². The Kier molecular flexibility index (Phi) is 32.5. The third-order valence-electron chi connectivity index (χ3n) is 9.14. The number of carbonyl (C=O) groups is 2. The van der Waals surface area contributed by atoms with E-state index in [1.807, 2.05) is 6.92 Å². The standard InChI is InChI=1S/C40H77NO5/c1-6-9-12-13-16-21-26-37(5)46-40(44)30-23-18-15-20-25-32-41(33-34-42)31-24-19-14-17-22-29-39(43)45-35-36(4)38(27-10-7-2)28-11-8-3/h37,42H,6-35H2,1-5H3. The van der Waals surface area contributed by atoms with Crippen molar-refractivity contribution in [2.45, 2.75) is 201 Å². The Labute approximate surface area is 285 Å². The largest absolute Gasteiger partial charge is 0.463 e. The van der Waals surface area contributed by atoms with Crippen LogP contribution >= 0.6 is 0 Å². The Morgan fingerprint density at radius 2 is 1.07 bits per heavy atom. The van der Waals surface area contributed by atoms with E-state index >= 15 is 0 Å². The molecule has 6 heteroatoms. The lowest BCUT2D eigenvalue weighted by atomic mass is 9.98. The summed E-state index contributed by atoms with van der Waals surface area (Å²) in [5.74, 6) is -0.100. The van der Waals surface area contributed by atoms with Crippen molar-refractivity contribution in [2.75, 3.05) is 32.8 Å². The number of unbranched alkanes of at least 4 members (excludes halogenated alkanes) is 15. The molecule has 0 saturated carbocycles. The van der Waals surface area contributed by atoms with E-state index in [1.165, 1.54) is 68.9 Å². The quantitative estimate of drug-likeness (QED) is 0.0424. The van der Waals surface area contributed by atoms with E-state index in [2.05, 4.69) is 32.6 Å². The molecule has 0 spiro atoms. The lowest BCUT2D eigenvalue weighted by Crippen LogP contribution is -2.29. The molecule has 0 aliphatic carbocycles. The lowest BCUT2D eigenvalue weighted by Gasteiger charge is -2.21.